The number of benzene rings is 1. The van der Waals surface area contributed by atoms with E-state index in [9.17, 15) is 9.59 Å². The molecular formula is C19H22N6O2. The molecule has 1 saturated heterocycles. The zero-order chi connectivity index (χ0) is 18.8. The second kappa shape index (κ2) is 7.22. The number of nitrogens with zero attached hydrogens (tertiary/aromatic N) is 4. The lowest BCUT2D eigenvalue weighted by Crippen LogP contribution is -2.37. The van der Waals surface area contributed by atoms with E-state index in [1.54, 1.807) is 17.3 Å². The molecule has 0 aliphatic carbocycles. The van der Waals surface area contributed by atoms with Crippen LogP contribution in [0.3, 0.4) is 0 Å². The summed E-state index contributed by atoms with van der Waals surface area (Å²) in [6, 6.07) is 9.47. The predicted molar refractivity (Wildman–Crippen MR) is 100 cm³/mol. The molecule has 140 valence electrons. The summed E-state index contributed by atoms with van der Waals surface area (Å²) in [5.74, 6) is -0.166. The second-order valence-corrected chi connectivity index (χ2v) is 6.85. The molecule has 8 heteroatoms. The molecule has 1 atom stereocenters. The van der Waals surface area contributed by atoms with Gasteiger partial charge >= 0.3 is 0 Å². The Bertz CT molecular complexity index is 975. The summed E-state index contributed by atoms with van der Waals surface area (Å²) in [4.78, 5) is 30.5. The Morgan fingerprint density at radius 3 is 3.07 bits per heavy atom. The monoisotopic (exact) mass is 366 g/mol. The highest BCUT2D eigenvalue weighted by atomic mass is 16.2. The normalized spacial score (nSPS) is 17.0. The first-order valence-corrected chi connectivity index (χ1v) is 9.17. The maximum atomic E-state index is 12.5. The number of carbonyl (C=O) groups excluding carboxylic acids is 2. The van der Waals surface area contributed by atoms with Gasteiger partial charge in [0.2, 0.25) is 5.91 Å². The van der Waals surface area contributed by atoms with Crippen LogP contribution < -0.4 is 5.32 Å². The van der Waals surface area contributed by atoms with Gasteiger partial charge in [0.05, 0.1) is 35.6 Å². The van der Waals surface area contributed by atoms with Crippen LogP contribution in [0.15, 0.2) is 36.7 Å². The number of H-pyrrole nitrogens is 1. The van der Waals surface area contributed by atoms with Gasteiger partial charge in [0.15, 0.2) is 0 Å². The van der Waals surface area contributed by atoms with E-state index in [-0.39, 0.29) is 17.9 Å². The zero-order valence-electron chi connectivity index (χ0n) is 15.2. The molecule has 3 aromatic rings. The van der Waals surface area contributed by atoms with Crippen LogP contribution in [-0.2, 0) is 11.3 Å². The fourth-order valence-electron chi connectivity index (χ4n) is 3.49. The number of hydrogen-bond donors (Lipinski definition) is 2. The van der Waals surface area contributed by atoms with Crippen LogP contribution in [-0.4, -0.2) is 55.6 Å². The van der Waals surface area contributed by atoms with Crippen LogP contribution in [0.25, 0.3) is 11.0 Å². The average molecular weight is 366 g/mol. The molecule has 27 heavy (non-hydrogen) atoms. The molecule has 0 spiro atoms. The largest absolute Gasteiger partial charge is 0.346 e. The minimum Gasteiger partial charge on any atom is -0.346 e. The van der Waals surface area contributed by atoms with Crippen LogP contribution in [0.1, 0.15) is 35.9 Å². The number of aromatic nitrogens is 4. The molecule has 0 radical (unpaired) electrons. The van der Waals surface area contributed by atoms with Crippen LogP contribution in [0.5, 0.6) is 0 Å². The molecule has 2 amide bonds. The molecule has 1 aromatic carbocycles. The fraction of sp³-hybridized carbons (Fsp3) is 0.368. The number of imidazole rings is 1. The van der Waals surface area contributed by atoms with Gasteiger partial charge in [-0.05, 0) is 24.6 Å². The molecule has 8 nitrogen and oxygen atoms in total. The summed E-state index contributed by atoms with van der Waals surface area (Å²) in [5.41, 5.74) is 3.10. The minimum absolute atomic E-state index is 0.0943. The Hall–Kier alpha value is -3.16. The lowest BCUT2D eigenvalue weighted by Gasteiger charge is -2.15. The SMILES string of the molecule is CCCN1C[C@H](NC(=O)c2cc(Cn3cnc4ccccc43)[nH]n2)CC1=O. The van der Waals surface area contributed by atoms with E-state index in [0.29, 0.717) is 25.2 Å². The molecule has 2 N–H and O–H groups in total. The second-order valence-electron chi connectivity index (χ2n) is 6.85. The van der Waals surface area contributed by atoms with Gasteiger partial charge in [-0.2, -0.15) is 5.10 Å². The van der Waals surface area contributed by atoms with Crippen molar-refractivity contribution in [1.29, 1.82) is 0 Å². The number of para-hydroxylation sites is 2. The molecule has 1 fully saturated rings. The number of nitrogens with one attached hydrogen (secondary N) is 2. The third kappa shape index (κ3) is 3.55. The van der Waals surface area contributed by atoms with Gasteiger partial charge in [-0.15, -0.1) is 0 Å². The van der Waals surface area contributed by atoms with E-state index >= 15 is 0 Å². The summed E-state index contributed by atoms with van der Waals surface area (Å²) in [6.45, 7) is 3.88. The highest BCUT2D eigenvalue weighted by molar-refractivity contribution is 5.93. The Kier molecular flexibility index (Phi) is 4.62. The van der Waals surface area contributed by atoms with Gasteiger partial charge in [-0.3, -0.25) is 14.7 Å². The van der Waals surface area contributed by atoms with Gasteiger partial charge in [0.1, 0.15) is 5.69 Å². The molecule has 1 aliphatic rings. The molecule has 0 bridgehead atoms. The quantitative estimate of drug-likeness (QED) is 0.692. The minimum atomic E-state index is -0.260. The molecule has 2 aromatic heterocycles. The van der Waals surface area contributed by atoms with E-state index < -0.39 is 0 Å². The lowest BCUT2D eigenvalue weighted by molar-refractivity contribution is -0.127. The maximum Gasteiger partial charge on any atom is 0.272 e. The summed E-state index contributed by atoms with van der Waals surface area (Å²) >= 11 is 0. The number of fused-ring (bicyclic) bond motifs is 1. The molecule has 0 saturated carbocycles. The Labute approximate surface area is 156 Å². The van der Waals surface area contributed by atoms with Crippen LogP contribution in [0.4, 0.5) is 0 Å². The standard InChI is InChI=1S/C19H22N6O2/c1-2-7-24-10-13(9-18(24)26)21-19(27)16-8-14(22-23-16)11-25-12-20-15-5-3-4-6-17(15)25/h3-6,8,12-13H,2,7,9-11H2,1H3,(H,21,27)(H,22,23)/t13-/m1/s1. The Morgan fingerprint density at radius 1 is 1.37 bits per heavy atom. The van der Waals surface area contributed by atoms with Crippen LogP contribution >= 0.6 is 0 Å². The van der Waals surface area contributed by atoms with Gasteiger partial charge in [-0.1, -0.05) is 19.1 Å². The number of amides is 2. The van der Waals surface area contributed by atoms with Gasteiger partial charge in [0, 0.05) is 19.5 Å². The lowest BCUT2D eigenvalue weighted by atomic mass is 10.2. The van der Waals surface area contributed by atoms with Crippen molar-refractivity contribution in [2.45, 2.75) is 32.4 Å². The van der Waals surface area contributed by atoms with Crippen molar-refractivity contribution >= 4 is 22.8 Å². The summed E-state index contributed by atoms with van der Waals surface area (Å²) < 4.78 is 2.00. The van der Waals surface area contributed by atoms with E-state index in [4.69, 9.17) is 0 Å². The van der Waals surface area contributed by atoms with Gasteiger partial charge in [-0.25, -0.2) is 4.98 Å². The number of likely N-dealkylation sites (tertiary alicyclic amines) is 1. The number of aromatic amines is 1. The highest BCUT2D eigenvalue weighted by Crippen LogP contribution is 2.15. The summed E-state index contributed by atoms with van der Waals surface area (Å²) in [5, 5.41) is 9.95. The number of hydrogen-bond acceptors (Lipinski definition) is 4. The number of rotatable bonds is 6. The molecular weight excluding hydrogens is 344 g/mol. The van der Waals surface area contributed by atoms with Crippen molar-refractivity contribution in [3.05, 3.63) is 48.0 Å². The predicted octanol–water partition coefficient (Wildman–Crippen LogP) is 1.55. The first-order chi connectivity index (χ1) is 13.1. The van der Waals surface area contributed by atoms with Crippen molar-refractivity contribution in [3.63, 3.8) is 0 Å². The molecule has 3 heterocycles. The van der Waals surface area contributed by atoms with Crippen LogP contribution in [0, 0.1) is 0 Å². The third-order valence-electron chi connectivity index (χ3n) is 4.77. The van der Waals surface area contributed by atoms with E-state index in [1.165, 1.54) is 0 Å². The summed E-state index contributed by atoms with van der Waals surface area (Å²) in [6.07, 6.45) is 3.04. The van der Waals surface area contributed by atoms with E-state index in [2.05, 4.69) is 20.5 Å². The Morgan fingerprint density at radius 2 is 2.22 bits per heavy atom. The topological polar surface area (TPSA) is 95.9 Å². The van der Waals surface area contributed by atoms with E-state index in [1.807, 2.05) is 35.8 Å². The van der Waals surface area contributed by atoms with Gasteiger partial charge in [0.25, 0.3) is 5.91 Å². The first kappa shape index (κ1) is 17.3. The van der Waals surface area contributed by atoms with Gasteiger partial charge < -0.3 is 14.8 Å². The molecule has 4 rings (SSSR count). The maximum absolute atomic E-state index is 12.5. The third-order valence-corrected chi connectivity index (χ3v) is 4.77. The van der Waals surface area contributed by atoms with E-state index in [0.717, 1.165) is 29.7 Å². The molecule has 1 aliphatic heterocycles. The van der Waals surface area contributed by atoms with Crippen molar-refractivity contribution in [3.8, 4) is 0 Å². The van der Waals surface area contributed by atoms with Crippen molar-refractivity contribution in [2.75, 3.05) is 13.1 Å². The molecule has 0 unspecified atom stereocenters. The Balaban J connectivity index is 1.40. The average Bonchev–Trinajstić information content (AvgIpc) is 3.36. The first-order valence-electron chi connectivity index (χ1n) is 9.17. The number of carbonyl (C=O) groups is 2. The highest BCUT2D eigenvalue weighted by Gasteiger charge is 2.30. The fourth-order valence-corrected chi connectivity index (χ4v) is 3.49. The smallest absolute Gasteiger partial charge is 0.272 e. The summed E-state index contributed by atoms with van der Waals surface area (Å²) in [7, 11) is 0. The van der Waals surface area contributed by atoms with Crippen LogP contribution in [0.2, 0.25) is 0 Å². The van der Waals surface area contributed by atoms with Crippen molar-refractivity contribution < 1.29 is 9.59 Å². The van der Waals surface area contributed by atoms with Crippen molar-refractivity contribution in [1.82, 2.24) is 30.0 Å². The zero-order valence-corrected chi connectivity index (χ0v) is 15.2. The van der Waals surface area contributed by atoms with Crippen molar-refractivity contribution in [2.24, 2.45) is 0 Å².